The number of rotatable bonds is 2. The SMILES string of the molecule is CC(C)(C#Cc1ccc(F)cc1)NC(=O)c1cnc2c(F)cccc2c1. The van der Waals surface area contributed by atoms with E-state index in [4.69, 9.17) is 0 Å². The van der Waals surface area contributed by atoms with Gasteiger partial charge in [0.05, 0.1) is 11.1 Å². The van der Waals surface area contributed by atoms with Crippen molar-refractivity contribution in [1.29, 1.82) is 0 Å². The van der Waals surface area contributed by atoms with Gasteiger partial charge in [0, 0.05) is 17.1 Å². The maximum absolute atomic E-state index is 13.7. The molecule has 1 N–H and O–H groups in total. The number of amides is 1. The van der Waals surface area contributed by atoms with E-state index in [0.717, 1.165) is 0 Å². The zero-order valence-electron chi connectivity index (χ0n) is 14.3. The van der Waals surface area contributed by atoms with Gasteiger partial charge >= 0.3 is 0 Å². The molecule has 0 aliphatic carbocycles. The summed E-state index contributed by atoms with van der Waals surface area (Å²) >= 11 is 0. The molecule has 1 heterocycles. The fraction of sp³-hybridized carbons (Fsp3) is 0.143. The van der Waals surface area contributed by atoms with Gasteiger partial charge in [-0.1, -0.05) is 24.0 Å². The van der Waals surface area contributed by atoms with Crippen molar-refractivity contribution in [2.24, 2.45) is 0 Å². The Labute approximate surface area is 150 Å². The number of pyridine rings is 1. The molecule has 0 unspecified atom stereocenters. The number of para-hydroxylation sites is 1. The van der Waals surface area contributed by atoms with Crippen molar-refractivity contribution in [3.05, 3.63) is 77.5 Å². The maximum Gasteiger partial charge on any atom is 0.254 e. The lowest BCUT2D eigenvalue weighted by Crippen LogP contribution is -2.42. The molecular formula is C21H16F2N2O. The smallest absolute Gasteiger partial charge is 0.254 e. The zero-order valence-corrected chi connectivity index (χ0v) is 14.3. The van der Waals surface area contributed by atoms with E-state index in [9.17, 15) is 13.6 Å². The Morgan fingerprint density at radius 1 is 1.12 bits per heavy atom. The van der Waals surface area contributed by atoms with Crippen LogP contribution in [0.5, 0.6) is 0 Å². The Hall–Kier alpha value is -3.26. The molecule has 26 heavy (non-hydrogen) atoms. The highest BCUT2D eigenvalue weighted by Crippen LogP contribution is 2.17. The van der Waals surface area contributed by atoms with Gasteiger partial charge in [-0.3, -0.25) is 9.78 Å². The largest absolute Gasteiger partial charge is 0.336 e. The molecular weight excluding hydrogens is 334 g/mol. The minimum Gasteiger partial charge on any atom is -0.336 e. The quantitative estimate of drug-likeness (QED) is 0.708. The van der Waals surface area contributed by atoms with Crippen LogP contribution in [0, 0.1) is 23.5 Å². The number of benzene rings is 2. The van der Waals surface area contributed by atoms with Crippen LogP contribution in [0.2, 0.25) is 0 Å². The molecule has 0 atom stereocenters. The number of carbonyl (C=O) groups excluding carboxylic acids is 1. The average Bonchev–Trinajstić information content (AvgIpc) is 2.61. The highest BCUT2D eigenvalue weighted by Gasteiger charge is 2.19. The first kappa shape index (κ1) is 17.6. The second-order valence-electron chi connectivity index (χ2n) is 6.37. The standard InChI is InChI=1S/C21H16F2N2O/c1-21(2,11-10-14-6-8-17(22)9-7-14)25-20(26)16-12-15-4-3-5-18(23)19(15)24-13-16/h3-9,12-13H,1-2H3,(H,25,26). The van der Waals surface area contributed by atoms with Crippen LogP contribution in [0.4, 0.5) is 8.78 Å². The van der Waals surface area contributed by atoms with Gasteiger partial charge < -0.3 is 5.32 Å². The molecule has 3 rings (SSSR count). The monoisotopic (exact) mass is 350 g/mol. The Bertz CT molecular complexity index is 1030. The number of fused-ring (bicyclic) bond motifs is 1. The summed E-state index contributed by atoms with van der Waals surface area (Å²) in [6.45, 7) is 3.52. The molecule has 0 spiro atoms. The van der Waals surface area contributed by atoms with Gasteiger partial charge in [-0.25, -0.2) is 8.78 Å². The summed E-state index contributed by atoms with van der Waals surface area (Å²) in [5.41, 5.74) is 0.373. The van der Waals surface area contributed by atoms with Gasteiger partial charge in [0.1, 0.15) is 17.2 Å². The van der Waals surface area contributed by atoms with Crippen molar-refractivity contribution in [3.63, 3.8) is 0 Å². The summed E-state index contributed by atoms with van der Waals surface area (Å²) in [5, 5.41) is 3.36. The lowest BCUT2D eigenvalue weighted by molar-refractivity contribution is 0.0929. The minimum absolute atomic E-state index is 0.222. The third kappa shape index (κ3) is 4.04. The summed E-state index contributed by atoms with van der Waals surface area (Å²) < 4.78 is 26.6. The van der Waals surface area contributed by atoms with Crippen molar-refractivity contribution < 1.29 is 13.6 Å². The molecule has 0 aliphatic heterocycles. The van der Waals surface area contributed by atoms with Gasteiger partial charge in [-0.15, -0.1) is 0 Å². The summed E-state index contributed by atoms with van der Waals surface area (Å²) in [4.78, 5) is 16.5. The zero-order chi connectivity index (χ0) is 18.7. The molecule has 1 aromatic heterocycles. The molecule has 5 heteroatoms. The highest BCUT2D eigenvalue weighted by atomic mass is 19.1. The maximum atomic E-state index is 13.7. The van der Waals surface area contributed by atoms with Crippen LogP contribution in [-0.4, -0.2) is 16.4 Å². The molecule has 0 saturated heterocycles. The van der Waals surface area contributed by atoms with E-state index in [1.54, 1.807) is 44.2 Å². The van der Waals surface area contributed by atoms with Gasteiger partial charge in [-0.05, 0) is 50.2 Å². The Kier molecular flexibility index (Phi) is 4.68. The van der Waals surface area contributed by atoms with Gasteiger partial charge in [-0.2, -0.15) is 0 Å². The first-order valence-electron chi connectivity index (χ1n) is 8.00. The van der Waals surface area contributed by atoms with E-state index in [1.165, 1.54) is 24.4 Å². The number of aromatic nitrogens is 1. The first-order valence-corrected chi connectivity index (χ1v) is 8.00. The fourth-order valence-corrected chi connectivity index (χ4v) is 2.40. The van der Waals surface area contributed by atoms with Crippen LogP contribution in [0.25, 0.3) is 10.9 Å². The van der Waals surface area contributed by atoms with Gasteiger partial charge in [0.2, 0.25) is 0 Å². The number of carbonyl (C=O) groups is 1. The Balaban J connectivity index is 1.79. The third-order valence-electron chi connectivity index (χ3n) is 3.71. The third-order valence-corrected chi connectivity index (χ3v) is 3.71. The lowest BCUT2D eigenvalue weighted by atomic mass is 10.0. The second-order valence-corrected chi connectivity index (χ2v) is 6.37. The Morgan fingerprint density at radius 2 is 1.85 bits per heavy atom. The summed E-state index contributed by atoms with van der Waals surface area (Å²) in [5.74, 6) is 4.75. The van der Waals surface area contributed by atoms with Gasteiger partial charge in [0.25, 0.3) is 5.91 Å². The van der Waals surface area contributed by atoms with E-state index < -0.39 is 11.4 Å². The molecule has 0 fully saturated rings. The number of hydrogen-bond donors (Lipinski definition) is 1. The number of halogens is 2. The highest BCUT2D eigenvalue weighted by molar-refractivity contribution is 5.97. The first-order chi connectivity index (χ1) is 12.3. The molecule has 0 bridgehead atoms. The van der Waals surface area contributed by atoms with Crippen LogP contribution in [-0.2, 0) is 0 Å². The van der Waals surface area contributed by atoms with Crippen molar-refractivity contribution >= 4 is 16.8 Å². The normalized spacial score (nSPS) is 10.9. The fourth-order valence-electron chi connectivity index (χ4n) is 2.40. The number of hydrogen-bond acceptors (Lipinski definition) is 2. The summed E-state index contributed by atoms with van der Waals surface area (Å²) in [6.07, 6.45) is 1.34. The van der Waals surface area contributed by atoms with Crippen molar-refractivity contribution in [2.45, 2.75) is 19.4 Å². The number of nitrogens with one attached hydrogen (secondary N) is 1. The predicted octanol–water partition coefficient (Wildman–Crippen LogP) is 4.07. The lowest BCUT2D eigenvalue weighted by Gasteiger charge is -2.20. The van der Waals surface area contributed by atoms with E-state index in [1.807, 2.05) is 0 Å². The van der Waals surface area contributed by atoms with Crippen LogP contribution in [0.15, 0.2) is 54.7 Å². The second kappa shape index (κ2) is 6.93. The molecule has 3 aromatic rings. The topological polar surface area (TPSA) is 42.0 Å². The molecule has 0 radical (unpaired) electrons. The van der Waals surface area contributed by atoms with E-state index in [2.05, 4.69) is 22.1 Å². The Morgan fingerprint density at radius 3 is 2.58 bits per heavy atom. The average molecular weight is 350 g/mol. The molecule has 0 saturated carbocycles. The molecule has 2 aromatic carbocycles. The summed E-state index contributed by atoms with van der Waals surface area (Å²) in [7, 11) is 0. The van der Waals surface area contributed by atoms with Crippen LogP contribution in [0.1, 0.15) is 29.8 Å². The van der Waals surface area contributed by atoms with Crippen molar-refractivity contribution in [3.8, 4) is 11.8 Å². The van der Waals surface area contributed by atoms with Crippen LogP contribution < -0.4 is 5.32 Å². The number of nitrogens with zero attached hydrogens (tertiary/aromatic N) is 1. The molecule has 0 aliphatic rings. The van der Waals surface area contributed by atoms with Crippen LogP contribution >= 0.6 is 0 Å². The minimum atomic E-state index is -0.817. The molecule has 130 valence electrons. The van der Waals surface area contributed by atoms with Crippen LogP contribution in [0.3, 0.4) is 0 Å². The van der Waals surface area contributed by atoms with Crippen molar-refractivity contribution in [2.75, 3.05) is 0 Å². The van der Waals surface area contributed by atoms with Crippen molar-refractivity contribution in [1.82, 2.24) is 10.3 Å². The van der Waals surface area contributed by atoms with Gasteiger partial charge in [0.15, 0.2) is 0 Å². The van der Waals surface area contributed by atoms with E-state index in [-0.39, 0.29) is 17.2 Å². The molecule has 3 nitrogen and oxygen atoms in total. The van der Waals surface area contributed by atoms with E-state index >= 15 is 0 Å². The molecule has 1 amide bonds. The van der Waals surface area contributed by atoms with E-state index in [0.29, 0.717) is 16.5 Å². The summed E-state index contributed by atoms with van der Waals surface area (Å²) in [6, 6.07) is 12.0. The predicted molar refractivity (Wildman–Crippen MR) is 96.5 cm³/mol.